The molecule has 0 aliphatic rings. The first kappa shape index (κ1) is 15.8. The molecule has 0 fully saturated rings. The van der Waals surface area contributed by atoms with Gasteiger partial charge in [-0.2, -0.15) is 0 Å². The molecule has 0 aliphatic heterocycles. The highest BCUT2D eigenvalue weighted by molar-refractivity contribution is 5.67. The zero-order valence-electron chi connectivity index (χ0n) is 13.6. The molecule has 0 saturated heterocycles. The summed E-state index contributed by atoms with van der Waals surface area (Å²) in [5.41, 5.74) is 3.60. The highest BCUT2D eigenvalue weighted by atomic mass is 16.5. The van der Waals surface area contributed by atoms with Crippen LogP contribution in [0.25, 0.3) is 11.3 Å². The molecule has 0 atom stereocenters. The molecule has 0 amide bonds. The Morgan fingerprint density at radius 3 is 2.50 bits per heavy atom. The van der Waals surface area contributed by atoms with Crippen molar-refractivity contribution >= 4 is 0 Å². The van der Waals surface area contributed by atoms with E-state index in [0.29, 0.717) is 12.2 Å². The van der Waals surface area contributed by atoms with Crippen LogP contribution in [-0.4, -0.2) is 29.3 Å². The summed E-state index contributed by atoms with van der Waals surface area (Å²) in [6, 6.07) is 15.0. The summed E-state index contributed by atoms with van der Waals surface area (Å²) in [5, 5.41) is 9.69. The highest BCUT2D eigenvalue weighted by Gasteiger charge is 2.09. The molecule has 0 aliphatic carbocycles. The van der Waals surface area contributed by atoms with Crippen molar-refractivity contribution in [1.29, 1.82) is 0 Å². The SMILES string of the molecule is COc1cc(Cc2cc(-c3ccccc3OC)ncn2)ccc1O. The van der Waals surface area contributed by atoms with Gasteiger partial charge in [0.25, 0.3) is 0 Å². The van der Waals surface area contributed by atoms with Crippen molar-refractivity contribution in [3.63, 3.8) is 0 Å². The van der Waals surface area contributed by atoms with Crippen molar-refractivity contribution in [3.8, 4) is 28.5 Å². The lowest BCUT2D eigenvalue weighted by molar-refractivity contribution is 0.373. The predicted molar refractivity (Wildman–Crippen MR) is 91.5 cm³/mol. The second-order valence-corrected chi connectivity index (χ2v) is 5.28. The molecule has 5 nitrogen and oxygen atoms in total. The van der Waals surface area contributed by atoms with Gasteiger partial charge in [-0.3, -0.25) is 0 Å². The normalized spacial score (nSPS) is 10.4. The van der Waals surface area contributed by atoms with Gasteiger partial charge in [0.2, 0.25) is 0 Å². The van der Waals surface area contributed by atoms with Crippen molar-refractivity contribution in [2.45, 2.75) is 6.42 Å². The Morgan fingerprint density at radius 2 is 1.71 bits per heavy atom. The maximum Gasteiger partial charge on any atom is 0.160 e. The van der Waals surface area contributed by atoms with E-state index < -0.39 is 0 Å². The lowest BCUT2D eigenvalue weighted by atomic mass is 10.1. The fraction of sp³-hybridized carbons (Fsp3) is 0.158. The second kappa shape index (κ2) is 7.00. The van der Waals surface area contributed by atoms with Gasteiger partial charge in [0.15, 0.2) is 11.5 Å². The fourth-order valence-electron chi connectivity index (χ4n) is 2.54. The Bertz CT molecular complexity index is 850. The molecule has 0 unspecified atom stereocenters. The highest BCUT2D eigenvalue weighted by Crippen LogP contribution is 2.29. The Hall–Kier alpha value is -3.08. The number of hydrogen-bond acceptors (Lipinski definition) is 5. The van der Waals surface area contributed by atoms with Crippen molar-refractivity contribution in [2.24, 2.45) is 0 Å². The maximum atomic E-state index is 9.69. The van der Waals surface area contributed by atoms with Crippen molar-refractivity contribution in [3.05, 3.63) is 66.1 Å². The summed E-state index contributed by atoms with van der Waals surface area (Å²) in [4.78, 5) is 8.69. The minimum absolute atomic E-state index is 0.124. The van der Waals surface area contributed by atoms with Crippen LogP contribution < -0.4 is 9.47 Å². The first-order valence-corrected chi connectivity index (χ1v) is 7.51. The number of phenolic OH excluding ortho intramolecular Hbond substituents is 1. The maximum absolute atomic E-state index is 9.69. The molecular formula is C19H18N2O3. The third kappa shape index (κ3) is 3.30. The first-order chi connectivity index (χ1) is 11.7. The number of ether oxygens (including phenoxy) is 2. The quantitative estimate of drug-likeness (QED) is 0.779. The molecule has 0 radical (unpaired) electrons. The van der Waals surface area contributed by atoms with Crippen LogP contribution in [0.4, 0.5) is 0 Å². The number of methoxy groups -OCH3 is 2. The zero-order valence-corrected chi connectivity index (χ0v) is 13.6. The number of aromatic hydroxyl groups is 1. The molecule has 24 heavy (non-hydrogen) atoms. The topological polar surface area (TPSA) is 64.5 Å². The minimum Gasteiger partial charge on any atom is -0.504 e. The average molecular weight is 322 g/mol. The van der Waals surface area contributed by atoms with Crippen molar-refractivity contribution in [1.82, 2.24) is 9.97 Å². The molecule has 2 aromatic carbocycles. The van der Waals surface area contributed by atoms with Gasteiger partial charge in [0.1, 0.15) is 12.1 Å². The van der Waals surface area contributed by atoms with Gasteiger partial charge in [0.05, 0.1) is 19.9 Å². The molecule has 1 aromatic heterocycles. The van der Waals surface area contributed by atoms with Gasteiger partial charge in [0, 0.05) is 17.7 Å². The van der Waals surface area contributed by atoms with Crippen LogP contribution in [0.3, 0.4) is 0 Å². The van der Waals surface area contributed by atoms with E-state index in [-0.39, 0.29) is 5.75 Å². The first-order valence-electron chi connectivity index (χ1n) is 7.51. The Labute approximate surface area is 140 Å². The molecule has 0 bridgehead atoms. The summed E-state index contributed by atoms with van der Waals surface area (Å²) >= 11 is 0. The molecule has 0 spiro atoms. The van der Waals surface area contributed by atoms with E-state index in [1.165, 1.54) is 7.11 Å². The van der Waals surface area contributed by atoms with Gasteiger partial charge in [-0.1, -0.05) is 18.2 Å². The lowest BCUT2D eigenvalue weighted by Crippen LogP contribution is -1.97. The molecule has 122 valence electrons. The predicted octanol–water partition coefficient (Wildman–Crippen LogP) is 3.46. The van der Waals surface area contributed by atoms with E-state index in [2.05, 4.69) is 9.97 Å². The summed E-state index contributed by atoms with van der Waals surface area (Å²) in [7, 11) is 3.17. The van der Waals surface area contributed by atoms with Gasteiger partial charge in [-0.25, -0.2) is 9.97 Å². The monoisotopic (exact) mass is 322 g/mol. The summed E-state index contributed by atoms with van der Waals surface area (Å²) in [6.45, 7) is 0. The van der Waals surface area contributed by atoms with E-state index in [1.807, 2.05) is 36.4 Å². The van der Waals surface area contributed by atoms with E-state index in [1.54, 1.807) is 25.6 Å². The summed E-state index contributed by atoms with van der Waals surface area (Å²) < 4.78 is 10.5. The third-order valence-corrected chi connectivity index (χ3v) is 3.74. The standard InChI is InChI=1S/C19H18N2O3/c1-23-18-6-4-3-5-15(18)16-11-14(20-12-21-16)9-13-7-8-17(22)19(10-13)24-2/h3-8,10-12,22H,9H2,1-2H3. The third-order valence-electron chi connectivity index (χ3n) is 3.74. The lowest BCUT2D eigenvalue weighted by Gasteiger charge is -2.09. The Balaban J connectivity index is 1.91. The van der Waals surface area contributed by atoms with Gasteiger partial charge in [-0.05, 0) is 35.9 Å². The van der Waals surface area contributed by atoms with E-state index >= 15 is 0 Å². The van der Waals surface area contributed by atoms with Crippen LogP contribution in [0, 0.1) is 0 Å². The molecule has 1 N–H and O–H groups in total. The van der Waals surface area contributed by atoms with E-state index in [0.717, 1.165) is 28.3 Å². The van der Waals surface area contributed by atoms with E-state index in [4.69, 9.17) is 9.47 Å². The number of benzene rings is 2. The van der Waals surface area contributed by atoms with Gasteiger partial charge < -0.3 is 14.6 Å². The molecule has 3 aromatic rings. The Morgan fingerprint density at radius 1 is 0.917 bits per heavy atom. The number of phenols is 1. The van der Waals surface area contributed by atoms with Gasteiger partial charge in [-0.15, -0.1) is 0 Å². The zero-order chi connectivity index (χ0) is 16.9. The van der Waals surface area contributed by atoms with Crippen LogP contribution in [0.1, 0.15) is 11.3 Å². The number of para-hydroxylation sites is 1. The van der Waals surface area contributed by atoms with Gasteiger partial charge >= 0.3 is 0 Å². The summed E-state index contributed by atoms with van der Waals surface area (Å²) in [6.07, 6.45) is 2.16. The largest absolute Gasteiger partial charge is 0.504 e. The molecular weight excluding hydrogens is 304 g/mol. The van der Waals surface area contributed by atoms with Crippen LogP contribution in [-0.2, 0) is 6.42 Å². The number of aromatic nitrogens is 2. The molecule has 1 heterocycles. The smallest absolute Gasteiger partial charge is 0.160 e. The molecule has 5 heteroatoms. The van der Waals surface area contributed by atoms with Crippen molar-refractivity contribution in [2.75, 3.05) is 14.2 Å². The van der Waals surface area contributed by atoms with Crippen molar-refractivity contribution < 1.29 is 14.6 Å². The number of nitrogens with zero attached hydrogens (tertiary/aromatic N) is 2. The number of hydrogen-bond donors (Lipinski definition) is 1. The second-order valence-electron chi connectivity index (χ2n) is 5.28. The molecule has 3 rings (SSSR count). The summed E-state index contributed by atoms with van der Waals surface area (Å²) in [5.74, 6) is 1.35. The van der Waals surface area contributed by atoms with Crippen LogP contribution >= 0.6 is 0 Å². The van der Waals surface area contributed by atoms with E-state index in [9.17, 15) is 5.11 Å². The average Bonchev–Trinajstić information content (AvgIpc) is 2.63. The Kier molecular flexibility index (Phi) is 4.61. The number of rotatable bonds is 5. The minimum atomic E-state index is 0.124. The van der Waals surface area contributed by atoms with Crippen LogP contribution in [0.15, 0.2) is 54.9 Å². The molecule has 0 saturated carbocycles. The van der Waals surface area contributed by atoms with Crippen LogP contribution in [0.2, 0.25) is 0 Å². The fourth-order valence-corrected chi connectivity index (χ4v) is 2.54. The van der Waals surface area contributed by atoms with Crippen LogP contribution in [0.5, 0.6) is 17.2 Å².